The monoisotopic (exact) mass is 304 g/mol. The molecule has 4 N–H and O–H groups in total. The maximum absolute atomic E-state index is 11.4. The molecule has 0 saturated heterocycles. The van der Waals surface area contributed by atoms with Crippen LogP contribution in [0.15, 0.2) is 12.1 Å². The minimum atomic E-state index is -0.921. The highest BCUT2D eigenvalue weighted by Crippen LogP contribution is 2.33. The summed E-state index contributed by atoms with van der Waals surface area (Å²) < 4.78 is 2.08. The van der Waals surface area contributed by atoms with E-state index < -0.39 is 5.97 Å². The molecule has 1 heterocycles. The van der Waals surface area contributed by atoms with Crippen LogP contribution in [0.1, 0.15) is 46.9 Å². The van der Waals surface area contributed by atoms with E-state index in [2.05, 4.69) is 18.4 Å². The lowest BCUT2D eigenvalue weighted by molar-refractivity contribution is 0.0697. The summed E-state index contributed by atoms with van der Waals surface area (Å²) in [5, 5.41) is 19.7. The Morgan fingerprint density at radius 1 is 1.36 bits per heavy atom. The van der Waals surface area contributed by atoms with Crippen molar-refractivity contribution < 1.29 is 15.0 Å². The summed E-state index contributed by atoms with van der Waals surface area (Å²) in [4.78, 5) is 11.4. The molecule has 0 spiro atoms. The Bertz CT molecular complexity index is 702. The summed E-state index contributed by atoms with van der Waals surface area (Å²) in [5.74, 6) is -0.727. The zero-order valence-electron chi connectivity index (χ0n) is 13.4. The number of aromatic carboxylic acids is 1. The van der Waals surface area contributed by atoms with Crippen molar-refractivity contribution in [2.75, 3.05) is 13.2 Å². The van der Waals surface area contributed by atoms with Crippen molar-refractivity contribution in [2.24, 2.45) is 5.73 Å². The summed E-state index contributed by atoms with van der Waals surface area (Å²) in [6.45, 7) is 7.16. The van der Waals surface area contributed by atoms with E-state index in [9.17, 15) is 15.0 Å². The van der Waals surface area contributed by atoms with Gasteiger partial charge in [-0.1, -0.05) is 13.8 Å². The SMILES string of the molecule is Cc1c(CCN)c2cc(C(=O)O)cc(C(C)C)c2n1CCO. The minimum absolute atomic E-state index is 0.0465. The first-order valence-electron chi connectivity index (χ1n) is 7.62. The number of nitrogens with two attached hydrogens (primary N) is 1. The van der Waals surface area contributed by atoms with Crippen molar-refractivity contribution in [3.8, 4) is 0 Å². The van der Waals surface area contributed by atoms with E-state index in [0.717, 1.165) is 27.7 Å². The summed E-state index contributed by atoms with van der Waals surface area (Å²) in [6.07, 6.45) is 0.696. The van der Waals surface area contributed by atoms with Gasteiger partial charge >= 0.3 is 5.97 Å². The van der Waals surface area contributed by atoms with E-state index in [0.29, 0.717) is 25.1 Å². The number of carboxylic acids is 1. The maximum atomic E-state index is 11.4. The number of aliphatic hydroxyl groups excluding tert-OH is 1. The molecule has 0 aliphatic rings. The van der Waals surface area contributed by atoms with Crippen molar-refractivity contribution in [1.29, 1.82) is 0 Å². The van der Waals surface area contributed by atoms with E-state index in [-0.39, 0.29) is 12.5 Å². The number of hydrogen-bond donors (Lipinski definition) is 3. The normalized spacial score (nSPS) is 11.5. The average molecular weight is 304 g/mol. The van der Waals surface area contributed by atoms with Crippen molar-refractivity contribution in [1.82, 2.24) is 4.57 Å². The van der Waals surface area contributed by atoms with Gasteiger partial charge in [-0.3, -0.25) is 0 Å². The van der Waals surface area contributed by atoms with Crippen molar-refractivity contribution in [3.63, 3.8) is 0 Å². The van der Waals surface area contributed by atoms with Crippen molar-refractivity contribution in [3.05, 3.63) is 34.5 Å². The highest BCUT2D eigenvalue weighted by molar-refractivity contribution is 5.97. The molecule has 0 atom stereocenters. The lowest BCUT2D eigenvalue weighted by atomic mass is 9.95. The van der Waals surface area contributed by atoms with Crippen LogP contribution in [0.5, 0.6) is 0 Å². The molecule has 0 unspecified atom stereocenters. The van der Waals surface area contributed by atoms with Crippen LogP contribution in [0, 0.1) is 6.92 Å². The van der Waals surface area contributed by atoms with Gasteiger partial charge < -0.3 is 20.5 Å². The van der Waals surface area contributed by atoms with Gasteiger partial charge in [-0.05, 0) is 49.1 Å². The van der Waals surface area contributed by atoms with Gasteiger partial charge in [0.2, 0.25) is 0 Å². The van der Waals surface area contributed by atoms with Crippen LogP contribution in [0.25, 0.3) is 10.9 Å². The Kier molecular flexibility index (Phi) is 4.88. The molecule has 5 nitrogen and oxygen atoms in total. The topological polar surface area (TPSA) is 88.5 Å². The first kappa shape index (κ1) is 16.5. The van der Waals surface area contributed by atoms with Crippen LogP contribution in [0.2, 0.25) is 0 Å². The molecule has 1 aromatic carbocycles. The first-order valence-corrected chi connectivity index (χ1v) is 7.62. The number of benzene rings is 1. The molecule has 0 aliphatic heterocycles. The molecular weight excluding hydrogens is 280 g/mol. The highest BCUT2D eigenvalue weighted by atomic mass is 16.4. The zero-order valence-corrected chi connectivity index (χ0v) is 13.4. The molecule has 2 aromatic rings. The average Bonchev–Trinajstić information content (AvgIpc) is 2.72. The Morgan fingerprint density at radius 2 is 2.05 bits per heavy atom. The molecule has 1 aromatic heterocycles. The second-order valence-corrected chi connectivity index (χ2v) is 5.90. The molecule has 120 valence electrons. The Balaban J connectivity index is 2.89. The van der Waals surface area contributed by atoms with E-state index in [4.69, 9.17) is 5.73 Å². The van der Waals surface area contributed by atoms with Gasteiger partial charge in [0.1, 0.15) is 0 Å². The Labute approximate surface area is 130 Å². The van der Waals surface area contributed by atoms with Crippen LogP contribution in [0.4, 0.5) is 0 Å². The fraction of sp³-hybridized carbons (Fsp3) is 0.471. The van der Waals surface area contributed by atoms with Gasteiger partial charge in [-0.25, -0.2) is 4.79 Å². The third-order valence-electron chi connectivity index (χ3n) is 4.16. The zero-order chi connectivity index (χ0) is 16.4. The van der Waals surface area contributed by atoms with Crippen LogP contribution in [0.3, 0.4) is 0 Å². The van der Waals surface area contributed by atoms with Crippen LogP contribution >= 0.6 is 0 Å². The number of aromatic nitrogens is 1. The third kappa shape index (κ3) is 2.74. The third-order valence-corrected chi connectivity index (χ3v) is 4.16. The molecule has 22 heavy (non-hydrogen) atoms. The fourth-order valence-electron chi connectivity index (χ4n) is 3.12. The largest absolute Gasteiger partial charge is 0.478 e. The predicted molar refractivity (Wildman–Crippen MR) is 87.6 cm³/mol. The highest BCUT2D eigenvalue weighted by Gasteiger charge is 2.20. The quantitative estimate of drug-likeness (QED) is 0.764. The number of nitrogens with zero attached hydrogens (tertiary/aromatic N) is 1. The van der Waals surface area contributed by atoms with E-state index in [1.165, 1.54) is 0 Å². The number of carboxylic acid groups (broad SMARTS) is 1. The standard InChI is InChI=1S/C17H24N2O3/c1-10(2)14-8-12(17(21)22)9-15-13(4-5-18)11(3)19(6-7-20)16(14)15/h8-10,20H,4-7,18H2,1-3H3,(H,21,22). The van der Waals surface area contributed by atoms with Crippen molar-refractivity contribution >= 4 is 16.9 Å². The number of hydrogen-bond acceptors (Lipinski definition) is 3. The van der Waals surface area contributed by atoms with Gasteiger partial charge in [0.25, 0.3) is 0 Å². The molecule has 2 rings (SSSR count). The maximum Gasteiger partial charge on any atom is 0.335 e. The number of aliphatic hydroxyl groups is 1. The van der Waals surface area contributed by atoms with E-state index in [1.54, 1.807) is 12.1 Å². The Morgan fingerprint density at radius 3 is 2.55 bits per heavy atom. The van der Waals surface area contributed by atoms with Gasteiger partial charge in [0, 0.05) is 17.6 Å². The van der Waals surface area contributed by atoms with Gasteiger partial charge in [0.15, 0.2) is 0 Å². The molecule has 0 aliphatic carbocycles. The van der Waals surface area contributed by atoms with Crippen LogP contribution < -0.4 is 5.73 Å². The fourth-order valence-corrected chi connectivity index (χ4v) is 3.12. The van der Waals surface area contributed by atoms with E-state index in [1.807, 2.05) is 6.92 Å². The molecule has 0 fully saturated rings. The lowest BCUT2D eigenvalue weighted by Gasteiger charge is -2.14. The Hall–Kier alpha value is -1.85. The van der Waals surface area contributed by atoms with Gasteiger partial charge in [0.05, 0.1) is 17.7 Å². The summed E-state index contributed by atoms with van der Waals surface area (Å²) in [6, 6.07) is 3.48. The van der Waals surface area contributed by atoms with E-state index >= 15 is 0 Å². The van der Waals surface area contributed by atoms with Gasteiger partial charge in [-0.2, -0.15) is 0 Å². The lowest BCUT2D eigenvalue weighted by Crippen LogP contribution is -2.08. The molecule has 0 radical (unpaired) electrons. The summed E-state index contributed by atoms with van der Waals surface area (Å²) in [7, 11) is 0. The van der Waals surface area contributed by atoms with Gasteiger partial charge in [-0.15, -0.1) is 0 Å². The van der Waals surface area contributed by atoms with Crippen molar-refractivity contribution in [2.45, 2.75) is 39.7 Å². The number of fused-ring (bicyclic) bond motifs is 1. The predicted octanol–water partition coefficient (Wildman–Crippen LogP) is 2.26. The summed E-state index contributed by atoms with van der Waals surface area (Å²) >= 11 is 0. The second kappa shape index (κ2) is 6.50. The van der Waals surface area contributed by atoms with Crippen LogP contribution in [-0.2, 0) is 13.0 Å². The summed E-state index contributed by atoms with van der Waals surface area (Å²) in [5.41, 5.74) is 10.2. The second-order valence-electron chi connectivity index (χ2n) is 5.90. The molecular formula is C17H24N2O3. The molecule has 5 heteroatoms. The molecule has 0 saturated carbocycles. The van der Waals surface area contributed by atoms with Crippen LogP contribution in [-0.4, -0.2) is 33.9 Å². The first-order chi connectivity index (χ1) is 10.4. The smallest absolute Gasteiger partial charge is 0.335 e. The number of carbonyl (C=O) groups is 1. The molecule has 0 bridgehead atoms. The molecule has 0 amide bonds. The number of rotatable bonds is 6. The minimum Gasteiger partial charge on any atom is -0.478 e.